The van der Waals surface area contributed by atoms with Gasteiger partial charge in [-0.25, -0.2) is 0 Å². The fraction of sp³-hybridized carbons (Fsp3) is 0. The van der Waals surface area contributed by atoms with Gasteiger partial charge in [0.2, 0.25) is 5.69 Å². The zero-order chi connectivity index (χ0) is 12.1. The first kappa shape index (κ1) is 10.9. The number of hydrogen-bond donors (Lipinski definition) is 0. The second-order valence-corrected chi connectivity index (χ2v) is 3.46. The zero-order valence-corrected chi connectivity index (χ0v) is 9.08. The molecule has 2 rings (SSSR count). The molecule has 0 bridgehead atoms. The van der Waals surface area contributed by atoms with Crippen LogP contribution in [0.25, 0.3) is 0 Å². The molecular formula is C14H10N2O. The van der Waals surface area contributed by atoms with Crippen molar-refractivity contribution in [3.63, 3.8) is 0 Å². The van der Waals surface area contributed by atoms with E-state index in [1.165, 1.54) is 0 Å². The van der Waals surface area contributed by atoms with Gasteiger partial charge in [-0.05, 0) is 12.1 Å². The number of para-hydroxylation sites is 1. The third kappa shape index (κ3) is 2.32. The van der Waals surface area contributed by atoms with Gasteiger partial charge in [0.05, 0.1) is 5.56 Å². The quantitative estimate of drug-likeness (QED) is 0.339. The molecule has 2 aromatic carbocycles. The molecule has 0 heterocycles. The molecule has 2 aromatic rings. The van der Waals surface area contributed by atoms with Crippen molar-refractivity contribution < 1.29 is 4.74 Å². The van der Waals surface area contributed by atoms with Crippen LogP contribution in [0.1, 0.15) is 5.56 Å². The van der Waals surface area contributed by atoms with Crippen molar-refractivity contribution in [3.8, 4) is 6.07 Å². The van der Waals surface area contributed by atoms with Crippen molar-refractivity contribution in [2.45, 2.75) is 0 Å². The summed E-state index contributed by atoms with van der Waals surface area (Å²) in [6.45, 7) is 0. The lowest BCUT2D eigenvalue weighted by atomic mass is 10.1. The highest BCUT2D eigenvalue weighted by molar-refractivity contribution is 6.08. The van der Waals surface area contributed by atoms with Crippen LogP contribution in [0.3, 0.4) is 0 Å². The van der Waals surface area contributed by atoms with Crippen LogP contribution in [0, 0.1) is 16.5 Å². The monoisotopic (exact) mass is 222 g/mol. The molecule has 0 N–H and O–H groups in total. The Kier molecular flexibility index (Phi) is 3.18. The minimum atomic E-state index is 0.0943. The van der Waals surface area contributed by atoms with E-state index >= 15 is 0 Å². The topological polar surface area (TPSA) is 49.9 Å². The summed E-state index contributed by atoms with van der Waals surface area (Å²) < 4.78 is 0.648. The fourth-order valence-corrected chi connectivity index (χ4v) is 1.52. The molecule has 0 atom stereocenters. The van der Waals surface area contributed by atoms with E-state index in [0.29, 0.717) is 16.0 Å². The van der Waals surface area contributed by atoms with Crippen LogP contribution in [-0.2, 0) is 0 Å². The summed E-state index contributed by atoms with van der Waals surface area (Å²) in [5, 5.41) is 21.1. The molecular weight excluding hydrogens is 212 g/mol. The minimum Gasteiger partial charge on any atom is -0.617 e. The van der Waals surface area contributed by atoms with E-state index in [4.69, 9.17) is 5.26 Å². The van der Waals surface area contributed by atoms with Gasteiger partial charge in [0.25, 0.3) is 0 Å². The number of rotatable bonds is 2. The SMILES string of the molecule is N#C/C(c1ccccc1)=[N+](/[O-])c1ccccc1. The van der Waals surface area contributed by atoms with Crippen molar-refractivity contribution in [3.05, 3.63) is 71.4 Å². The first-order chi connectivity index (χ1) is 8.33. The van der Waals surface area contributed by atoms with Gasteiger partial charge in [0, 0.05) is 12.1 Å². The predicted octanol–water partition coefficient (Wildman–Crippen LogP) is 2.84. The number of hydrogen-bond acceptors (Lipinski definition) is 2. The first-order valence-electron chi connectivity index (χ1n) is 5.17. The van der Waals surface area contributed by atoms with Crippen LogP contribution in [0.4, 0.5) is 5.69 Å². The van der Waals surface area contributed by atoms with E-state index in [9.17, 15) is 5.21 Å². The van der Waals surface area contributed by atoms with Crippen LogP contribution in [-0.4, -0.2) is 10.5 Å². The molecule has 82 valence electrons. The van der Waals surface area contributed by atoms with Crippen molar-refractivity contribution >= 4 is 11.4 Å². The third-order valence-electron chi connectivity index (χ3n) is 2.35. The smallest absolute Gasteiger partial charge is 0.302 e. The van der Waals surface area contributed by atoms with Crippen molar-refractivity contribution in [1.82, 2.24) is 0 Å². The Hall–Kier alpha value is -2.60. The van der Waals surface area contributed by atoms with Crippen LogP contribution >= 0.6 is 0 Å². The second kappa shape index (κ2) is 4.95. The van der Waals surface area contributed by atoms with Crippen molar-refractivity contribution in [1.29, 1.82) is 5.26 Å². The van der Waals surface area contributed by atoms with E-state index in [-0.39, 0.29) is 5.71 Å². The molecule has 0 aliphatic heterocycles. The van der Waals surface area contributed by atoms with Crippen molar-refractivity contribution in [2.24, 2.45) is 0 Å². The van der Waals surface area contributed by atoms with E-state index < -0.39 is 0 Å². The zero-order valence-electron chi connectivity index (χ0n) is 9.08. The number of benzene rings is 2. The summed E-state index contributed by atoms with van der Waals surface area (Å²) in [6.07, 6.45) is 0. The molecule has 0 saturated heterocycles. The van der Waals surface area contributed by atoms with Gasteiger partial charge in [0.1, 0.15) is 0 Å². The lowest BCUT2D eigenvalue weighted by Crippen LogP contribution is -2.10. The number of nitriles is 1. The summed E-state index contributed by atoms with van der Waals surface area (Å²) >= 11 is 0. The van der Waals surface area contributed by atoms with Crippen LogP contribution < -0.4 is 0 Å². The Bertz CT molecular complexity index is 568. The molecule has 3 heteroatoms. The molecule has 0 aliphatic rings. The van der Waals surface area contributed by atoms with Crippen molar-refractivity contribution in [2.75, 3.05) is 0 Å². The van der Waals surface area contributed by atoms with Gasteiger partial charge in [-0.2, -0.15) is 10.0 Å². The molecule has 3 nitrogen and oxygen atoms in total. The van der Waals surface area contributed by atoms with Gasteiger partial charge in [0.15, 0.2) is 6.07 Å². The number of nitrogens with zero attached hydrogens (tertiary/aromatic N) is 2. The Morgan fingerprint density at radius 3 is 2.00 bits per heavy atom. The van der Waals surface area contributed by atoms with E-state index in [1.807, 2.05) is 18.2 Å². The largest absolute Gasteiger partial charge is 0.617 e. The molecule has 0 spiro atoms. The highest BCUT2D eigenvalue weighted by atomic mass is 16.5. The summed E-state index contributed by atoms with van der Waals surface area (Å²) in [6, 6.07) is 19.6. The standard InChI is InChI=1S/C14H10N2O/c15-11-14(12-7-3-1-4-8-12)16(17)13-9-5-2-6-10-13/h1-10H/b16-14-. The van der Waals surface area contributed by atoms with E-state index in [2.05, 4.69) is 0 Å². The molecule has 0 unspecified atom stereocenters. The molecule has 0 radical (unpaired) electrons. The summed E-state index contributed by atoms with van der Waals surface area (Å²) in [4.78, 5) is 0. The molecule has 17 heavy (non-hydrogen) atoms. The van der Waals surface area contributed by atoms with Gasteiger partial charge in [-0.15, -0.1) is 0 Å². The molecule has 0 aromatic heterocycles. The van der Waals surface area contributed by atoms with E-state index in [0.717, 1.165) is 0 Å². The first-order valence-corrected chi connectivity index (χ1v) is 5.17. The second-order valence-electron chi connectivity index (χ2n) is 3.46. The van der Waals surface area contributed by atoms with E-state index in [1.54, 1.807) is 48.5 Å². The highest BCUT2D eigenvalue weighted by Crippen LogP contribution is 2.12. The maximum absolute atomic E-state index is 12.0. The van der Waals surface area contributed by atoms with Crippen LogP contribution in [0.2, 0.25) is 0 Å². The molecule has 0 fully saturated rings. The van der Waals surface area contributed by atoms with Gasteiger partial charge in [-0.1, -0.05) is 36.4 Å². The molecule has 0 aliphatic carbocycles. The Morgan fingerprint density at radius 1 is 0.941 bits per heavy atom. The minimum absolute atomic E-state index is 0.0943. The third-order valence-corrected chi connectivity index (χ3v) is 2.35. The lowest BCUT2D eigenvalue weighted by molar-refractivity contribution is -0.358. The van der Waals surface area contributed by atoms with Gasteiger partial charge < -0.3 is 5.21 Å². The van der Waals surface area contributed by atoms with Crippen LogP contribution in [0.5, 0.6) is 0 Å². The Labute approximate surface area is 99.5 Å². The molecule has 0 amide bonds. The average Bonchev–Trinajstić information content (AvgIpc) is 2.42. The molecule has 0 saturated carbocycles. The van der Waals surface area contributed by atoms with Gasteiger partial charge in [-0.3, -0.25) is 0 Å². The lowest BCUT2D eigenvalue weighted by Gasteiger charge is -2.05. The Morgan fingerprint density at radius 2 is 1.47 bits per heavy atom. The summed E-state index contributed by atoms with van der Waals surface area (Å²) in [7, 11) is 0. The fourth-order valence-electron chi connectivity index (χ4n) is 1.52. The summed E-state index contributed by atoms with van der Waals surface area (Å²) in [5.74, 6) is 0. The predicted molar refractivity (Wildman–Crippen MR) is 65.9 cm³/mol. The maximum atomic E-state index is 12.0. The van der Waals surface area contributed by atoms with Crippen LogP contribution in [0.15, 0.2) is 60.7 Å². The average molecular weight is 222 g/mol. The maximum Gasteiger partial charge on any atom is 0.302 e. The summed E-state index contributed by atoms with van der Waals surface area (Å²) in [5.41, 5.74) is 1.17. The Balaban J connectivity index is 2.53. The normalized spacial score (nSPS) is 11.5. The van der Waals surface area contributed by atoms with Gasteiger partial charge >= 0.3 is 5.71 Å². The highest BCUT2D eigenvalue weighted by Gasteiger charge is 2.13.